The predicted molar refractivity (Wildman–Crippen MR) is 90.2 cm³/mol. The summed E-state index contributed by atoms with van der Waals surface area (Å²) in [5, 5.41) is 12.0. The van der Waals surface area contributed by atoms with Crippen molar-refractivity contribution < 1.29 is 19.1 Å². The van der Waals surface area contributed by atoms with E-state index in [1.807, 2.05) is 31.2 Å². The van der Waals surface area contributed by atoms with Crippen molar-refractivity contribution in [3.8, 4) is 0 Å². The van der Waals surface area contributed by atoms with Crippen molar-refractivity contribution in [2.45, 2.75) is 20.3 Å². The van der Waals surface area contributed by atoms with Gasteiger partial charge in [0.25, 0.3) is 0 Å². The molecule has 0 radical (unpaired) electrons. The fourth-order valence-electron chi connectivity index (χ4n) is 2.41. The third-order valence-corrected chi connectivity index (χ3v) is 4.02. The summed E-state index contributed by atoms with van der Waals surface area (Å²) < 4.78 is 12.9. The second kappa shape index (κ2) is 7.73. The normalized spacial score (nSPS) is 13.1. The molecule has 0 fully saturated rings. The van der Waals surface area contributed by atoms with Crippen molar-refractivity contribution in [1.29, 1.82) is 0 Å². The Morgan fingerprint density at radius 1 is 1.08 bits per heavy atom. The molecule has 0 aliphatic rings. The van der Waals surface area contributed by atoms with Crippen LogP contribution in [0, 0.1) is 24.6 Å². The Morgan fingerprint density at radius 3 is 2.21 bits per heavy atom. The fourth-order valence-corrected chi connectivity index (χ4v) is 2.41. The average Bonchev–Trinajstić information content (AvgIpc) is 2.55. The lowest BCUT2D eigenvalue weighted by atomic mass is 9.87. The molecule has 4 nitrogen and oxygen atoms in total. The maximum absolute atomic E-state index is 12.9. The van der Waals surface area contributed by atoms with E-state index in [-0.39, 0.29) is 0 Å². The van der Waals surface area contributed by atoms with Gasteiger partial charge in [-0.2, -0.15) is 0 Å². The standard InChI is InChI=1S/C19H20FNO3/c1-12-3-5-14(6-4-12)11-17(13(2)19(23)24)18(22)21-16-9-7-15(20)8-10-16/h3-10,13,17H,11H2,1-2H3,(H,21,22)(H,23,24)/t13-,17-/m1/s1. The zero-order valence-electron chi connectivity index (χ0n) is 13.6. The van der Waals surface area contributed by atoms with E-state index in [0.717, 1.165) is 11.1 Å². The predicted octanol–water partition coefficient (Wildman–Crippen LogP) is 3.65. The first kappa shape index (κ1) is 17.7. The summed E-state index contributed by atoms with van der Waals surface area (Å²) in [5.74, 6) is -3.39. The first-order chi connectivity index (χ1) is 11.4. The number of carbonyl (C=O) groups excluding carboxylic acids is 1. The summed E-state index contributed by atoms with van der Waals surface area (Å²) >= 11 is 0. The summed E-state index contributed by atoms with van der Waals surface area (Å²) in [6.45, 7) is 3.48. The molecule has 0 bridgehead atoms. The lowest BCUT2D eigenvalue weighted by Crippen LogP contribution is -2.33. The summed E-state index contributed by atoms with van der Waals surface area (Å²) in [7, 11) is 0. The molecule has 1 amide bonds. The molecule has 0 unspecified atom stereocenters. The van der Waals surface area contributed by atoms with Crippen molar-refractivity contribution in [2.24, 2.45) is 11.8 Å². The summed E-state index contributed by atoms with van der Waals surface area (Å²) in [6.07, 6.45) is 0.320. The highest BCUT2D eigenvalue weighted by Crippen LogP contribution is 2.21. The van der Waals surface area contributed by atoms with Crippen LogP contribution in [-0.2, 0) is 16.0 Å². The number of carbonyl (C=O) groups is 2. The number of aliphatic carboxylic acids is 1. The van der Waals surface area contributed by atoms with E-state index in [2.05, 4.69) is 5.32 Å². The van der Waals surface area contributed by atoms with E-state index >= 15 is 0 Å². The molecule has 126 valence electrons. The zero-order valence-corrected chi connectivity index (χ0v) is 13.6. The van der Waals surface area contributed by atoms with Crippen LogP contribution in [0.15, 0.2) is 48.5 Å². The molecule has 0 saturated carbocycles. The van der Waals surface area contributed by atoms with E-state index in [1.165, 1.54) is 31.2 Å². The molecule has 5 heteroatoms. The molecule has 0 aliphatic heterocycles. The lowest BCUT2D eigenvalue weighted by molar-refractivity contribution is -0.145. The van der Waals surface area contributed by atoms with Gasteiger partial charge in [0.05, 0.1) is 11.8 Å². The van der Waals surface area contributed by atoms with Crippen LogP contribution in [0.25, 0.3) is 0 Å². The molecule has 2 N–H and O–H groups in total. The Bertz CT molecular complexity index is 710. The number of benzene rings is 2. The zero-order chi connectivity index (χ0) is 17.7. The molecule has 0 aromatic heterocycles. The quantitative estimate of drug-likeness (QED) is 0.850. The molecule has 0 heterocycles. The molecule has 2 aromatic carbocycles. The van der Waals surface area contributed by atoms with Crippen molar-refractivity contribution in [3.05, 3.63) is 65.5 Å². The number of halogens is 1. The highest BCUT2D eigenvalue weighted by molar-refractivity contribution is 5.95. The summed E-state index contributed by atoms with van der Waals surface area (Å²) in [5.41, 5.74) is 2.43. The Kier molecular flexibility index (Phi) is 5.68. The smallest absolute Gasteiger partial charge is 0.307 e. The molecule has 0 saturated heterocycles. The number of hydrogen-bond donors (Lipinski definition) is 2. The van der Waals surface area contributed by atoms with Crippen LogP contribution in [0.5, 0.6) is 0 Å². The van der Waals surface area contributed by atoms with E-state index < -0.39 is 29.5 Å². The van der Waals surface area contributed by atoms with E-state index in [4.69, 9.17) is 0 Å². The summed E-state index contributed by atoms with van der Waals surface area (Å²) in [6, 6.07) is 13.0. The van der Waals surface area contributed by atoms with Gasteiger partial charge in [-0.15, -0.1) is 0 Å². The maximum Gasteiger partial charge on any atom is 0.307 e. The van der Waals surface area contributed by atoms with Crippen molar-refractivity contribution >= 4 is 17.6 Å². The molecule has 2 rings (SSSR count). The second-order valence-corrected chi connectivity index (χ2v) is 5.92. The Morgan fingerprint density at radius 2 is 1.67 bits per heavy atom. The van der Waals surface area contributed by atoms with E-state index in [9.17, 15) is 19.1 Å². The Labute approximate surface area is 140 Å². The van der Waals surface area contributed by atoms with E-state index in [0.29, 0.717) is 12.1 Å². The number of nitrogens with one attached hydrogen (secondary N) is 1. The number of carboxylic acid groups (broad SMARTS) is 1. The molecular weight excluding hydrogens is 309 g/mol. The minimum absolute atomic E-state index is 0.320. The highest BCUT2D eigenvalue weighted by Gasteiger charge is 2.30. The van der Waals surface area contributed by atoms with Gasteiger partial charge in [0.2, 0.25) is 5.91 Å². The molecule has 0 spiro atoms. The van der Waals surface area contributed by atoms with Gasteiger partial charge in [-0.05, 0) is 43.2 Å². The Balaban J connectivity index is 2.18. The first-order valence-electron chi connectivity index (χ1n) is 7.71. The van der Waals surface area contributed by atoms with Gasteiger partial charge in [0.15, 0.2) is 0 Å². The number of hydrogen-bond acceptors (Lipinski definition) is 2. The van der Waals surface area contributed by atoms with E-state index in [1.54, 1.807) is 0 Å². The Hall–Kier alpha value is -2.69. The monoisotopic (exact) mass is 329 g/mol. The van der Waals surface area contributed by atoms with Crippen LogP contribution in [-0.4, -0.2) is 17.0 Å². The van der Waals surface area contributed by atoms with Crippen LogP contribution in [0.3, 0.4) is 0 Å². The van der Waals surface area contributed by atoms with Gasteiger partial charge in [-0.3, -0.25) is 9.59 Å². The van der Waals surface area contributed by atoms with Gasteiger partial charge in [0, 0.05) is 5.69 Å². The number of aryl methyl sites for hydroxylation is 1. The highest BCUT2D eigenvalue weighted by atomic mass is 19.1. The average molecular weight is 329 g/mol. The topological polar surface area (TPSA) is 66.4 Å². The van der Waals surface area contributed by atoms with Crippen LogP contribution in [0.1, 0.15) is 18.1 Å². The number of rotatable bonds is 6. The fraction of sp³-hybridized carbons (Fsp3) is 0.263. The minimum atomic E-state index is -1.03. The molecule has 2 aromatic rings. The molecule has 24 heavy (non-hydrogen) atoms. The summed E-state index contributed by atoms with van der Waals surface area (Å²) in [4.78, 5) is 23.9. The third kappa shape index (κ3) is 4.65. The van der Waals surface area contributed by atoms with Crippen molar-refractivity contribution in [3.63, 3.8) is 0 Å². The molecule has 0 aliphatic carbocycles. The van der Waals surface area contributed by atoms with Crippen LogP contribution >= 0.6 is 0 Å². The van der Waals surface area contributed by atoms with Crippen LogP contribution in [0.4, 0.5) is 10.1 Å². The van der Waals surface area contributed by atoms with Crippen molar-refractivity contribution in [1.82, 2.24) is 0 Å². The van der Waals surface area contributed by atoms with Crippen molar-refractivity contribution in [2.75, 3.05) is 5.32 Å². The minimum Gasteiger partial charge on any atom is -0.481 e. The van der Waals surface area contributed by atoms with Gasteiger partial charge < -0.3 is 10.4 Å². The van der Waals surface area contributed by atoms with Gasteiger partial charge >= 0.3 is 5.97 Å². The molecule has 2 atom stereocenters. The number of amides is 1. The lowest BCUT2D eigenvalue weighted by Gasteiger charge is -2.20. The molecular formula is C19H20FNO3. The second-order valence-electron chi connectivity index (χ2n) is 5.92. The van der Waals surface area contributed by atoms with Crippen LogP contribution in [0.2, 0.25) is 0 Å². The third-order valence-electron chi connectivity index (χ3n) is 4.02. The maximum atomic E-state index is 12.9. The van der Waals surface area contributed by atoms with Gasteiger partial charge in [-0.25, -0.2) is 4.39 Å². The SMILES string of the molecule is Cc1ccc(C[C@@H](C(=O)Nc2ccc(F)cc2)[C@@H](C)C(=O)O)cc1. The largest absolute Gasteiger partial charge is 0.481 e. The number of anilines is 1. The van der Waals surface area contributed by atoms with Gasteiger partial charge in [-0.1, -0.05) is 36.8 Å². The van der Waals surface area contributed by atoms with Crippen LogP contribution < -0.4 is 5.32 Å². The first-order valence-corrected chi connectivity index (χ1v) is 7.71. The van der Waals surface area contributed by atoms with Gasteiger partial charge in [0.1, 0.15) is 5.82 Å². The number of carboxylic acids is 1.